The van der Waals surface area contributed by atoms with Gasteiger partial charge in [-0.15, -0.1) is 0 Å². The summed E-state index contributed by atoms with van der Waals surface area (Å²) in [5.74, 6) is 0. The first-order valence-electron chi connectivity index (χ1n) is 3.02. The number of nitro groups is 1. The molecular weight excluding hydrogens is 164 g/mol. The van der Waals surface area contributed by atoms with Crippen molar-refractivity contribution in [2.75, 3.05) is 0 Å². The minimum absolute atomic E-state index is 0.0355. The third-order valence-electron chi connectivity index (χ3n) is 1.30. The maximum Gasteiger partial charge on any atom is 0.287 e. The lowest BCUT2D eigenvalue weighted by Gasteiger charge is -1.95. The van der Waals surface area contributed by atoms with Gasteiger partial charge >= 0.3 is 0 Å². The van der Waals surface area contributed by atoms with E-state index < -0.39 is 4.92 Å². The van der Waals surface area contributed by atoms with Gasteiger partial charge in [0.2, 0.25) is 0 Å². The van der Waals surface area contributed by atoms with Gasteiger partial charge in [0.15, 0.2) is 0 Å². The van der Waals surface area contributed by atoms with Crippen LogP contribution in [0.4, 0.5) is 5.69 Å². The maximum atomic E-state index is 10.3. The first-order valence-corrected chi connectivity index (χ1v) is 3.39. The molecule has 0 aliphatic carbocycles. The Balaban J connectivity index is 3.23. The molecule has 0 aliphatic heterocycles. The highest BCUT2D eigenvalue weighted by atomic mass is 35.5. The van der Waals surface area contributed by atoms with Gasteiger partial charge in [0.1, 0.15) is 12.9 Å². The van der Waals surface area contributed by atoms with Crippen molar-refractivity contribution in [2.45, 2.75) is 0 Å². The van der Waals surface area contributed by atoms with E-state index in [1.807, 2.05) is 0 Å². The van der Waals surface area contributed by atoms with Crippen molar-refractivity contribution >= 4 is 30.6 Å². The molecule has 0 saturated carbocycles. The van der Waals surface area contributed by atoms with Crippen molar-refractivity contribution in [3.8, 4) is 0 Å². The average molecular weight is 169 g/mol. The fourth-order valence-corrected chi connectivity index (χ4v) is 0.949. The molecule has 3 nitrogen and oxygen atoms in total. The second-order valence-corrected chi connectivity index (χ2v) is 2.62. The molecule has 0 unspecified atom stereocenters. The van der Waals surface area contributed by atoms with Gasteiger partial charge in [-0.2, -0.15) is 0 Å². The molecule has 5 heteroatoms. The Morgan fingerprint density at radius 3 is 2.64 bits per heavy atom. The van der Waals surface area contributed by atoms with Gasteiger partial charge in [-0.3, -0.25) is 10.1 Å². The predicted molar refractivity (Wildman–Crippen MR) is 46.3 cm³/mol. The third-order valence-corrected chi connectivity index (χ3v) is 1.62. The first-order chi connectivity index (χ1) is 5.11. The summed E-state index contributed by atoms with van der Waals surface area (Å²) in [4.78, 5) is 9.80. The van der Waals surface area contributed by atoms with Crippen LogP contribution in [0.15, 0.2) is 18.2 Å². The Labute approximate surface area is 69.5 Å². The van der Waals surface area contributed by atoms with E-state index in [1.165, 1.54) is 12.1 Å². The van der Waals surface area contributed by atoms with E-state index in [4.69, 9.17) is 11.6 Å². The molecule has 0 saturated heterocycles. The molecule has 1 aromatic carbocycles. The molecule has 0 heterocycles. The molecule has 0 N–H and O–H groups in total. The van der Waals surface area contributed by atoms with Crippen molar-refractivity contribution in [3.63, 3.8) is 0 Å². The summed E-state index contributed by atoms with van der Waals surface area (Å²) in [6.45, 7) is 0. The quantitative estimate of drug-likeness (QED) is 0.349. The van der Waals surface area contributed by atoms with Gasteiger partial charge in [0.25, 0.3) is 5.69 Å². The lowest BCUT2D eigenvalue weighted by atomic mass is 9.96. The van der Waals surface area contributed by atoms with Gasteiger partial charge in [-0.25, -0.2) is 0 Å². The zero-order chi connectivity index (χ0) is 8.43. The van der Waals surface area contributed by atoms with Crippen molar-refractivity contribution < 1.29 is 4.92 Å². The second-order valence-electron chi connectivity index (χ2n) is 2.21. The standard InChI is InChI=1S/C6H5BClNO2/c7-4-1-2-5(8)6(3-4)9(10)11/h1-3H,7H2. The van der Waals surface area contributed by atoms with Crippen molar-refractivity contribution in [2.24, 2.45) is 0 Å². The largest absolute Gasteiger partial charge is 0.287 e. The minimum Gasteiger partial charge on any atom is -0.258 e. The smallest absolute Gasteiger partial charge is 0.258 e. The summed E-state index contributed by atoms with van der Waals surface area (Å²) in [6, 6.07) is 4.70. The number of hydrogen-bond donors (Lipinski definition) is 0. The molecule has 0 aromatic heterocycles. The number of benzene rings is 1. The molecule has 0 radical (unpaired) electrons. The van der Waals surface area contributed by atoms with Crippen LogP contribution in [0, 0.1) is 10.1 Å². The second kappa shape index (κ2) is 2.92. The molecule has 1 aromatic rings. The molecule has 0 amide bonds. The van der Waals surface area contributed by atoms with Crippen LogP contribution >= 0.6 is 11.6 Å². The normalized spacial score (nSPS) is 9.55. The van der Waals surface area contributed by atoms with Crippen LogP contribution in [-0.2, 0) is 0 Å². The number of nitro benzene ring substituents is 1. The monoisotopic (exact) mass is 169 g/mol. The summed E-state index contributed by atoms with van der Waals surface area (Å²) in [7, 11) is 1.78. The molecule has 0 spiro atoms. The SMILES string of the molecule is Bc1ccc(Cl)c([N+](=O)[O-])c1. The van der Waals surface area contributed by atoms with Crippen molar-refractivity contribution in [1.29, 1.82) is 0 Å². The number of hydrogen-bond acceptors (Lipinski definition) is 2. The topological polar surface area (TPSA) is 43.1 Å². The van der Waals surface area contributed by atoms with Crippen LogP contribution in [0.25, 0.3) is 0 Å². The van der Waals surface area contributed by atoms with E-state index in [-0.39, 0.29) is 10.7 Å². The summed E-state index contributed by atoms with van der Waals surface area (Å²) in [5.41, 5.74) is 0.799. The highest BCUT2D eigenvalue weighted by Crippen LogP contribution is 2.21. The van der Waals surface area contributed by atoms with E-state index in [0.717, 1.165) is 5.46 Å². The van der Waals surface area contributed by atoms with Crippen LogP contribution < -0.4 is 5.46 Å². The molecule has 0 fully saturated rings. The van der Waals surface area contributed by atoms with Gasteiger partial charge in [-0.1, -0.05) is 23.1 Å². The van der Waals surface area contributed by atoms with E-state index in [0.29, 0.717) is 0 Å². The maximum absolute atomic E-state index is 10.3. The van der Waals surface area contributed by atoms with Gasteiger partial charge in [0, 0.05) is 6.07 Å². The molecule has 0 atom stereocenters. The lowest BCUT2D eigenvalue weighted by molar-refractivity contribution is -0.384. The Kier molecular flexibility index (Phi) is 2.15. The van der Waals surface area contributed by atoms with Gasteiger partial charge in [-0.05, 0) is 6.07 Å². The summed E-state index contributed by atoms with van der Waals surface area (Å²) in [6.07, 6.45) is 0. The van der Waals surface area contributed by atoms with Crippen LogP contribution in [0.1, 0.15) is 0 Å². The van der Waals surface area contributed by atoms with Crippen molar-refractivity contribution in [3.05, 3.63) is 33.3 Å². The summed E-state index contributed by atoms with van der Waals surface area (Å²) >= 11 is 5.55. The Bertz CT molecular complexity index is 303. The van der Waals surface area contributed by atoms with Crippen LogP contribution in [0.5, 0.6) is 0 Å². The predicted octanol–water partition coefficient (Wildman–Crippen LogP) is 0.507. The highest BCUT2D eigenvalue weighted by Gasteiger charge is 2.10. The van der Waals surface area contributed by atoms with E-state index in [2.05, 4.69) is 0 Å². The Hall–Kier alpha value is -1.03. The number of nitrogens with zero attached hydrogens (tertiary/aromatic N) is 1. The van der Waals surface area contributed by atoms with Gasteiger partial charge in [0.05, 0.1) is 4.92 Å². The molecule has 1 rings (SSSR count). The Morgan fingerprint density at radius 1 is 1.55 bits per heavy atom. The third kappa shape index (κ3) is 1.71. The summed E-state index contributed by atoms with van der Waals surface area (Å²) in [5, 5.41) is 10.5. The molecular formula is C6H5BClNO2. The minimum atomic E-state index is -0.491. The fraction of sp³-hybridized carbons (Fsp3) is 0. The van der Waals surface area contributed by atoms with E-state index in [1.54, 1.807) is 13.9 Å². The van der Waals surface area contributed by atoms with E-state index in [9.17, 15) is 10.1 Å². The zero-order valence-electron chi connectivity index (χ0n) is 5.87. The molecule has 0 bridgehead atoms. The molecule has 56 valence electrons. The molecule has 11 heavy (non-hydrogen) atoms. The van der Waals surface area contributed by atoms with Crippen LogP contribution in [0.2, 0.25) is 5.02 Å². The summed E-state index contributed by atoms with van der Waals surface area (Å²) < 4.78 is 0. The van der Waals surface area contributed by atoms with Crippen LogP contribution in [0.3, 0.4) is 0 Å². The zero-order valence-corrected chi connectivity index (χ0v) is 6.63. The first kappa shape index (κ1) is 8.08. The van der Waals surface area contributed by atoms with E-state index >= 15 is 0 Å². The fourth-order valence-electron chi connectivity index (χ4n) is 0.763. The van der Waals surface area contributed by atoms with Crippen LogP contribution in [-0.4, -0.2) is 12.8 Å². The Morgan fingerprint density at radius 2 is 2.18 bits per heavy atom. The average Bonchev–Trinajstić information content (AvgIpc) is 1.94. The highest BCUT2D eigenvalue weighted by molar-refractivity contribution is 6.35. The molecule has 0 aliphatic rings. The number of halogens is 1. The van der Waals surface area contributed by atoms with Crippen molar-refractivity contribution in [1.82, 2.24) is 0 Å². The lowest BCUT2D eigenvalue weighted by Crippen LogP contribution is -2.02. The number of rotatable bonds is 1. The van der Waals surface area contributed by atoms with Gasteiger partial charge < -0.3 is 0 Å².